The first-order chi connectivity index (χ1) is 10.0. The fourth-order valence-corrected chi connectivity index (χ4v) is 2.87. The molecule has 0 aliphatic heterocycles. The van der Waals surface area contributed by atoms with E-state index in [0.29, 0.717) is 17.0 Å². The fraction of sp³-hybridized carbons (Fsp3) is 0.250. The lowest BCUT2D eigenvalue weighted by atomic mass is 9.98. The Morgan fingerprint density at radius 3 is 2.67 bits per heavy atom. The maximum absolute atomic E-state index is 14.0. The number of halogens is 3. The second-order valence-electron chi connectivity index (χ2n) is 4.67. The largest absolute Gasteiger partial charge is 0.497 e. The van der Waals surface area contributed by atoms with Gasteiger partial charge in [-0.25, -0.2) is 4.39 Å². The Hall–Kier alpha value is -1.10. The maximum atomic E-state index is 14.0. The van der Waals surface area contributed by atoms with Crippen LogP contribution in [0, 0.1) is 5.82 Å². The van der Waals surface area contributed by atoms with Crippen LogP contribution in [0.1, 0.15) is 17.2 Å². The van der Waals surface area contributed by atoms with Gasteiger partial charge in [-0.05, 0) is 54.9 Å². The molecule has 0 fully saturated rings. The first-order valence-electron chi connectivity index (χ1n) is 6.49. The average Bonchev–Trinajstić information content (AvgIpc) is 2.47. The van der Waals surface area contributed by atoms with E-state index in [1.807, 2.05) is 25.2 Å². The van der Waals surface area contributed by atoms with Gasteiger partial charge in [0.25, 0.3) is 0 Å². The molecule has 0 radical (unpaired) electrons. The van der Waals surface area contributed by atoms with Crippen LogP contribution in [0.5, 0.6) is 5.75 Å². The van der Waals surface area contributed by atoms with Gasteiger partial charge < -0.3 is 10.1 Å². The molecule has 0 amide bonds. The molecule has 0 bridgehead atoms. The predicted molar refractivity (Wildman–Crippen MR) is 87.6 cm³/mol. The topological polar surface area (TPSA) is 21.3 Å². The first-order valence-corrected chi connectivity index (χ1v) is 7.67. The van der Waals surface area contributed by atoms with Crippen LogP contribution in [-0.4, -0.2) is 14.2 Å². The molecule has 0 saturated heterocycles. The number of hydrogen-bond acceptors (Lipinski definition) is 2. The van der Waals surface area contributed by atoms with E-state index < -0.39 is 0 Å². The second kappa shape index (κ2) is 7.25. The van der Waals surface area contributed by atoms with Gasteiger partial charge in [-0.3, -0.25) is 0 Å². The SMILES string of the molecule is CNC(Cc1ccc(Cl)cc1F)c1cc(OC)ccc1Br. The monoisotopic (exact) mass is 371 g/mol. The Labute approximate surface area is 137 Å². The smallest absolute Gasteiger partial charge is 0.127 e. The molecule has 112 valence electrons. The van der Waals surface area contributed by atoms with Crippen molar-refractivity contribution in [3.05, 3.63) is 62.8 Å². The van der Waals surface area contributed by atoms with Crippen molar-refractivity contribution in [2.45, 2.75) is 12.5 Å². The normalized spacial score (nSPS) is 12.2. The molecule has 0 aliphatic rings. The van der Waals surface area contributed by atoms with Crippen molar-refractivity contribution in [2.24, 2.45) is 0 Å². The van der Waals surface area contributed by atoms with Crippen LogP contribution in [0.4, 0.5) is 4.39 Å². The van der Waals surface area contributed by atoms with Gasteiger partial charge in [0.15, 0.2) is 0 Å². The molecular weight excluding hydrogens is 357 g/mol. The maximum Gasteiger partial charge on any atom is 0.127 e. The number of nitrogens with one attached hydrogen (secondary N) is 1. The lowest BCUT2D eigenvalue weighted by Gasteiger charge is -2.19. The molecule has 0 spiro atoms. The third-order valence-electron chi connectivity index (χ3n) is 3.37. The zero-order valence-electron chi connectivity index (χ0n) is 11.8. The highest BCUT2D eigenvalue weighted by Gasteiger charge is 2.16. The zero-order chi connectivity index (χ0) is 15.4. The van der Waals surface area contributed by atoms with Gasteiger partial charge in [-0.1, -0.05) is 33.6 Å². The Bertz CT molecular complexity index is 636. The van der Waals surface area contributed by atoms with Crippen molar-refractivity contribution in [1.82, 2.24) is 5.32 Å². The summed E-state index contributed by atoms with van der Waals surface area (Å²) < 4.78 is 20.2. The van der Waals surface area contributed by atoms with E-state index >= 15 is 0 Å². The summed E-state index contributed by atoms with van der Waals surface area (Å²) in [5, 5.41) is 3.62. The van der Waals surface area contributed by atoms with Crippen LogP contribution in [0.2, 0.25) is 5.02 Å². The van der Waals surface area contributed by atoms with Crippen molar-refractivity contribution >= 4 is 27.5 Å². The van der Waals surface area contributed by atoms with Crippen molar-refractivity contribution in [1.29, 1.82) is 0 Å². The van der Waals surface area contributed by atoms with Gasteiger partial charge >= 0.3 is 0 Å². The predicted octanol–water partition coefficient (Wildman–Crippen LogP) is 4.75. The van der Waals surface area contributed by atoms with Gasteiger partial charge in [0.2, 0.25) is 0 Å². The van der Waals surface area contributed by atoms with E-state index in [4.69, 9.17) is 16.3 Å². The highest BCUT2D eigenvalue weighted by molar-refractivity contribution is 9.10. The minimum atomic E-state index is -0.290. The molecule has 1 atom stereocenters. The van der Waals surface area contributed by atoms with E-state index in [0.717, 1.165) is 15.8 Å². The number of rotatable bonds is 5. The molecule has 5 heteroatoms. The third kappa shape index (κ3) is 3.96. The summed E-state index contributed by atoms with van der Waals surface area (Å²) in [7, 11) is 3.48. The minimum Gasteiger partial charge on any atom is -0.497 e. The van der Waals surface area contributed by atoms with E-state index in [1.165, 1.54) is 6.07 Å². The highest BCUT2D eigenvalue weighted by atomic mass is 79.9. The Balaban J connectivity index is 2.31. The van der Waals surface area contributed by atoms with Gasteiger partial charge in [0.1, 0.15) is 11.6 Å². The molecule has 2 rings (SSSR count). The molecular formula is C16H16BrClFNO. The summed E-state index contributed by atoms with van der Waals surface area (Å²) in [6, 6.07) is 10.5. The highest BCUT2D eigenvalue weighted by Crippen LogP contribution is 2.30. The fourth-order valence-electron chi connectivity index (χ4n) is 2.19. The van der Waals surface area contributed by atoms with Gasteiger partial charge in [0, 0.05) is 15.5 Å². The molecule has 0 heterocycles. The average molecular weight is 373 g/mol. The third-order valence-corrected chi connectivity index (χ3v) is 4.32. The number of methoxy groups -OCH3 is 1. The van der Waals surface area contributed by atoms with Crippen molar-refractivity contribution in [2.75, 3.05) is 14.2 Å². The number of likely N-dealkylation sites (N-methyl/N-ethyl adjacent to an activating group) is 1. The summed E-state index contributed by atoms with van der Waals surface area (Å²) in [5.74, 6) is 0.479. The molecule has 2 aromatic carbocycles. The van der Waals surface area contributed by atoms with E-state index in [9.17, 15) is 4.39 Å². The van der Waals surface area contributed by atoms with Crippen LogP contribution < -0.4 is 10.1 Å². The number of hydrogen-bond donors (Lipinski definition) is 1. The Morgan fingerprint density at radius 2 is 2.05 bits per heavy atom. The summed E-state index contributed by atoms with van der Waals surface area (Å²) in [5.41, 5.74) is 1.64. The summed E-state index contributed by atoms with van der Waals surface area (Å²) in [4.78, 5) is 0. The zero-order valence-corrected chi connectivity index (χ0v) is 14.1. The van der Waals surface area contributed by atoms with Crippen LogP contribution in [-0.2, 0) is 6.42 Å². The van der Waals surface area contributed by atoms with Crippen LogP contribution in [0.15, 0.2) is 40.9 Å². The molecule has 21 heavy (non-hydrogen) atoms. The Kier molecular flexibility index (Phi) is 5.62. The summed E-state index contributed by atoms with van der Waals surface area (Å²) in [6.07, 6.45) is 0.519. The Morgan fingerprint density at radius 1 is 1.29 bits per heavy atom. The second-order valence-corrected chi connectivity index (χ2v) is 5.96. The number of benzene rings is 2. The van der Waals surface area contributed by atoms with E-state index in [-0.39, 0.29) is 11.9 Å². The molecule has 2 aromatic rings. The lowest BCUT2D eigenvalue weighted by Crippen LogP contribution is -2.20. The molecule has 1 unspecified atom stereocenters. The molecule has 0 aromatic heterocycles. The first kappa shape index (κ1) is 16.3. The number of ether oxygens (including phenoxy) is 1. The van der Waals surface area contributed by atoms with Crippen LogP contribution in [0.25, 0.3) is 0 Å². The summed E-state index contributed by atoms with van der Waals surface area (Å²) >= 11 is 9.32. The van der Waals surface area contributed by atoms with E-state index in [1.54, 1.807) is 19.2 Å². The lowest BCUT2D eigenvalue weighted by molar-refractivity contribution is 0.413. The summed E-state index contributed by atoms with van der Waals surface area (Å²) in [6.45, 7) is 0. The quantitative estimate of drug-likeness (QED) is 0.817. The van der Waals surface area contributed by atoms with Gasteiger partial charge in [-0.2, -0.15) is 0 Å². The minimum absolute atomic E-state index is 0.0369. The van der Waals surface area contributed by atoms with E-state index in [2.05, 4.69) is 21.2 Å². The van der Waals surface area contributed by atoms with Gasteiger partial charge in [-0.15, -0.1) is 0 Å². The molecule has 2 nitrogen and oxygen atoms in total. The van der Waals surface area contributed by atoms with Crippen molar-refractivity contribution in [3.8, 4) is 5.75 Å². The standard InChI is InChI=1S/C16H16BrClFNO/c1-20-16(7-10-3-4-11(18)8-15(10)19)13-9-12(21-2)5-6-14(13)17/h3-6,8-9,16,20H,7H2,1-2H3. The van der Waals surface area contributed by atoms with Gasteiger partial charge in [0.05, 0.1) is 7.11 Å². The van der Waals surface area contributed by atoms with Crippen molar-refractivity contribution < 1.29 is 9.13 Å². The van der Waals surface area contributed by atoms with Crippen LogP contribution >= 0.6 is 27.5 Å². The molecule has 0 saturated carbocycles. The molecule has 0 aliphatic carbocycles. The van der Waals surface area contributed by atoms with Crippen molar-refractivity contribution in [3.63, 3.8) is 0 Å². The molecule has 1 N–H and O–H groups in total. The van der Waals surface area contributed by atoms with Crippen LogP contribution in [0.3, 0.4) is 0 Å².